The Morgan fingerprint density at radius 3 is 3.06 bits per heavy atom. The van der Waals surface area contributed by atoms with Crippen molar-refractivity contribution in [2.45, 2.75) is 19.8 Å². The monoisotopic (exact) mass is 252 g/mol. The third-order valence-corrected chi connectivity index (χ3v) is 3.22. The summed E-state index contributed by atoms with van der Waals surface area (Å²) >= 11 is 1.34. The van der Waals surface area contributed by atoms with Crippen LogP contribution in [0.4, 0.5) is 5.69 Å². The van der Waals surface area contributed by atoms with Gasteiger partial charge in [-0.2, -0.15) is 0 Å². The first kappa shape index (κ1) is 11.8. The molecule has 0 saturated carbocycles. The molecule has 0 saturated heterocycles. The SMILES string of the molecule is CCCCOc1nc2ccc([N+](=O)[O-])cc2s1. The number of hydrogen-bond acceptors (Lipinski definition) is 5. The molecule has 0 aliphatic rings. The smallest absolute Gasteiger partial charge is 0.274 e. The zero-order valence-corrected chi connectivity index (χ0v) is 10.2. The molecule has 0 bridgehead atoms. The van der Waals surface area contributed by atoms with Gasteiger partial charge in [-0.1, -0.05) is 24.7 Å². The van der Waals surface area contributed by atoms with Crippen LogP contribution in [0.1, 0.15) is 19.8 Å². The predicted molar refractivity (Wildman–Crippen MR) is 66.7 cm³/mol. The van der Waals surface area contributed by atoms with Crippen molar-refractivity contribution in [3.8, 4) is 5.19 Å². The molecule has 1 heterocycles. The van der Waals surface area contributed by atoms with Gasteiger partial charge in [0.1, 0.15) is 0 Å². The molecule has 0 amide bonds. The van der Waals surface area contributed by atoms with Gasteiger partial charge in [0.25, 0.3) is 10.9 Å². The molecule has 1 aromatic heterocycles. The first-order valence-electron chi connectivity index (χ1n) is 5.38. The summed E-state index contributed by atoms with van der Waals surface area (Å²) in [7, 11) is 0. The molecule has 0 aliphatic carbocycles. The Bertz CT molecular complexity index is 538. The van der Waals surface area contributed by atoms with Crippen molar-refractivity contribution >= 4 is 27.2 Å². The molecular weight excluding hydrogens is 240 g/mol. The van der Waals surface area contributed by atoms with E-state index in [1.54, 1.807) is 6.07 Å². The van der Waals surface area contributed by atoms with Crippen LogP contribution in [0.15, 0.2) is 18.2 Å². The molecule has 5 nitrogen and oxygen atoms in total. The molecule has 2 aromatic rings. The second-order valence-electron chi connectivity index (χ2n) is 3.59. The van der Waals surface area contributed by atoms with Crippen molar-refractivity contribution in [2.75, 3.05) is 6.61 Å². The van der Waals surface area contributed by atoms with Gasteiger partial charge in [-0.05, 0) is 12.5 Å². The molecule has 0 fully saturated rings. The second-order valence-corrected chi connectivity index (χ2v) is 4.58. The van der Waals surface area contributed by atoms with Crippen molar-refractivity contribution in [1.29, 1.82) is 0 Å². The van der Waals surface area contributed by atoms with E-state index in [-0.39, 0.29) is 5.69 Å². The van der Waals surface area contributed by atoms with Gasteiger partial charge < -0.3 is 4.74 Å². The molecule has 2 rings (SSSR count). The second kappa shape index (κ2) is 5.09. The predicted octanol–water partition coefficient (Wildman–Crippen LogP) is 3.38. The standard InChI is InChI=1S/C11H12N2O3S/c1-2-3-6-16-11-12-9-5-4-8(13(14)15)7-10(9)17-11/h4-5,7H,2-3,6H2,1H3. The summed E-state index contributed by atoms with van der Waals surface area (Å²) in [5.74, 6) is 0. The highest BCUT2D eigenvalue weighted by Crippen LogP contribution is 2.30. The Labute approximate surface area is 102 Å². The van der Waals surface area contributed by atoms with Gasteiger partial charge in [-0.15, -0.1) is 0 Å². The number of nitrogens with zero attached hydrogens (tertiary/aromatic N) is 2. The van der Waals surface area contributed by atoms with Crippen LogP contribution in [-0.2, 0) is 0 Å². The van der Waals surface area contributed by atoms with Crippen LogP contribution in [0.25, 0.3) is 10.2 Å². The van der Waals surface area contributed by atoms with E-state index in [2.05, 4.69) is 11.9 Å². The van der Waals surface area contributed by atoms with E-state index < -0.39 is 4.92 Å². The third kappa shape index (κ3) is 2.71. The van der Waals surface area contributed by atoms with E-state index in [0.29, 0.717) is 11.8 Å². The van der Waals surface area contributed by atoms with Crippen LogP contribution < -0.4 is 4.74 Å². The Balaban J connectivity index is 2.21. The molecular formula is C11H12N2O3S. The molecule has 0 radical (unpaired) electrons. The van der Waals surface area contributed by atoms with Gasteiger partial charge in [0, 0.05) is 12.1 Å². The van der Waals surface area contributed by atoms with E-state index in [1.165, 1.54) is 23.5 Å². The fourth-order valence-electron chi connectivity index (χ4n) is 1.37. The number of ether oxygens (including phenoxy) is 1. The van der Waals surface area contributed by atoms with Crippen LogP contribution in [0.3, 0.4) is 0 Å². The fourth-order valence-corrected chi connectivity index (χ4v) is 2.24. The number of nitro groups is 1. The Hall–Kier alpha value is -1.69. The Kier molecular flexibility index (Phi) is 3.53. The summed E-state index contributed by atoms with van der Waals surface area (Å²) in [5.41, 5.74) is 0.827. The molecule has 0 unspecified atom stereocenters. The first-order chi connectivity index (χ1) is 8.20. The number of aromatic nitrogens is 1. The van der Waals surface area contributed by atoms with Gasteiger partial charge in [0.15, 0.2) is 0 Å². The minimum Gasteiger partial charge on any atom is -0.470 e. The maximum atomic E-state index is 10.6. The summed E-state index contributed by atoms with van der Waals surface area (Å²) < 4.78 is 6.25. The summed E-state index contributed by atoms with van der Waals surface area (Å²) in [4.78, 5) is 14.5. The highest BCUT2D eigenvalue weighted by atomic mass is 32.1. The number of unbranched alkanes of at least 4 members (excludes halogenated alkanes) is 1. The van der Waals surface area contributed by atoms with Crippen LogP contribution in [0.5, 0.6) is 5.19 Å². The quantitative estimate of drug-likeness (QED) is 0.465. The average Bonchev–Trinajstić information content (AvgIpc) is 2.70. The topological polar surface area (TPSA) is 65.3 Å². The van der Waals surface area contributed by atoms with E-state index in [9.17, 15) is 10.1 Å². The zero-order valence-electron chi connectivity index (χ0n) is 9.38. The minimum absolute atomic E-state index is 0.0845. The van der Waals surface area contributed by atoms with Crippen molar-refractivity contribution in [2.24, 2.45) is 0 Å². The molecule has 6 heteroatoms. The first-order valence-corrected chi connectivity index (χ1v) is 6.20. The van der Waals surface area contributed by atoms with Crippen molar-refractivity contribution in [1.82, 2.24) is 4.98 Å². The van der Waals surface area contributed by atoms with Crippen molar-refractivity contribution < 1.29 is 9.66 Å². The van der Waals surface area contributed by atoms with Crippen molar-refractivity contribution in [3.05, 3.63) is 28.3 Å². The van der Waals surface area contributed by atoms with Gasteiger partial charge in [-0.25, -0.2) is 4.98 Å². The van der Waals surface area contributed by atoms with E-state index in [1.807, 2.05) is 0 Å². The highest BCUT2D eigenvalue weighted by molar-refractivity contribution is 7.20. The summed E-state index contributed by atoms with van der Waals surface area (Å²) in [6.45, 7) is 2.73. The van der Waals surface area contributed by atoms with Gasteiger partial charge in [0.05, 0.1) is 21.7 Å². The molecule has 0 atom stereocenters. The molecule has 1 aromatic carbocycles. The lowest BCUT2D eigenvalue weighted by Crippen LogP contribution is -1.95. The molecule has 17 heavy (non-hydrogen) atoms. The maximum absolute atomic E-state index is 10.6. The Morgan fingerprint density at radius 1 is 1.53 bits per heavy atom. The number of nitro benzene ring substituents is 1. The van der Waals surface area contributed by atoms with Crippen LogP contribution in [-0.4, -0.2) is 16.5 Å². The largest absolute Gasteiger partial charge is 0.470 e. The van der Waals surface area contributed by atoms with E-state index >= 15 is 0 Å². The van der Waals surface area contributed by atoms with E-state index in [4.69, 9.17) is 4.74 Å². The molecule has 0 spiro atoms. The van der Waals surface area contributed by atoms with Crippen LogP contribution >= 0.6 is 11.3 Å². The number of hydrogen-bond donors (Lipinski definition) is 0. The molecule has 90 valence electrons. The fraction of sp³-hybridized carbons (Fsp3) is 0.364. The number of non-ortho nitro benzene ring substituents is 1. The number of thiazole rings is 1. The minimum atomic E-state index is -0.406. The lowest BCUT2D eigenvalue weighted by atomic mass is 10.3. The highest BCUT2D eigenvalue weighted by Gasteiger charge is 2.10. The maximum Gasteiger partial charge on any atom is 0.274 e. The summed E-state index contributed by atoms with van der Waals surface area (Å²) in [6, 6.07) is 4.63. The lowest BCUT2D eigenvalue weighted by molar-refractivity contribution is -0.384. The lowest BCUT2D eigenvalue weighted by Gasteiger charge is -1.98. The normalized spacial score (nSPS) is 10.6. The third-order valence-electron chi connectivity index (χ3n) is 2.29. The van der Waals surface area contributed by atoms with Gasteiger partial charge in [0.2, 0.25) is 0 Å². The van der Waals surface area contributed by atoms with Crippen molar-refractivity contribution in [3.63, 3.8) is 0 Å². The van der Waals surface area contributed by atoms with Gasteiger partial charge in [-0.3, -0.25) is 10.1 Å². The zero-order chi connectivity index (χ0) is 12.3. The number of fused-ring (bicyclic) bond motifs is 1. The molecule has 0 N–H and O–H groups in total. The number of benzene rings is 1. The average molecular weight is 252 g/mol. The van der Waals surface area contributed by atoms with Crippen LogP contribution in [0, 0.1) is 10.1 Å². The Morgan fingerprint density at radius 2 is 2.35 bits per heavy atom. The summed E-state index contributed by atoms with van der Waals surface area (Å²) in [6.07, 6.45) is 2.05. The molecule has 0 aliphatic heterocycles. The van der Waals surface area contributed by atoms with Gasteiger partial charge >= 0.3 is 0 Å². The van der Waals surface area contributed by atoms with Crippen LogP contribution in [0.2, 0.25) is 0 Å². The number of rotatable bonds is 5. The van der Waals surface area contributed by atoms with E-state index in [0.717, 1.165) is 23.1 Å². The summed E-state index contributed by atoms with van der Waals surface area (Å²) in [5, 5.41) is 11.2.